The van der Waals surface area contributed by atoms with Crippen LogP contribution in [0.15, 0.2) is 0 Å². The molecule has 1 aliphatic heterocycles. The van der Waals surface area contributed by atoms with Crippen molar-refractivity contribution in [3.05, 3.63) is 0 Å². The fourth-order valence-corrected chi connectivity index (χ4v) is 5.53. The number of hydrogen-bond acceptors (Lipinski definition) is 3. The fourth-order valence-electron chi connectivity index (χ4n) is 3.23. The summed E-state index contributed by atoms with van der Waals surface area (Å²) in [6.45, 7) is 2.15. The molecule has 2 fully saturated rings. The fraction of sp³-hybridized carbons (Fsp3) is 0.923. The lowest BCUT2D eigenvalue weighted by molar-refractivity contribution is -0.117. The molecule has 0 spiro atoms. The van der Waals surface area contributed by atoms with Gasteiger partial charge in [-0.25, -0.2) is 8.42 Å². The Labute approximate surface area is 110 Å². The van der Waals surface area contributed by atoms with E-state index in [-0.39, 0.29) is 17.1 Å². The summed E-state index contributed by atoms with van der Waals surface area (Å²) in [4.78, 5) is 11.2. The molecule has 1 saturated heterocycles. The van der Waals surface area contributed by atoms with Crippen molar-refractivity contribution in [3.63, 3.8) is 0 Å². The first-order valence-electron chi connectivity index (χ1n) is 7.02. The van der Waals surface area contributed by atoms with E-state index >= 15 is 0 Å². The molecule has 0 bridgehead atoms. The SMILES string of the molecule is CC(=O)CC1CCCN1S(=O)(=O)C1CCCCC1. The van der Waals surface area contributed by atoms with Gasteiger partial charge in [-0.3, -0.25) is 4.79 Å². The molecular formula is C13H23NO3S. The van der Waals surface area contributed by atoms with Gasteiger partial charge in [-0.05, 0) is 32.6 Å². The highest BCUT2D eigenvalue weighted by Crippen LogP contribution is 2.31. The van der Waals surface area contributed by atoms with Crippen molar-refractivity contribution >= 4 is 15.8 Å². The van der Waals surface area contributed by atoms with Crippen LogP contribution in [0.25, 0.3) is 0 Å². The van der Waals surface area contributed by atoms with Crippen LogP contribution in [0.2, 0.25) is 0 Å². The van der Waals surface area contributed by atoms with Crippen LogP contribution in [0.5, 0.6) is 0 Å². The zero-order valence-electron chi connectivity index (χ0n) is 11.1. The van der Waals surface area contributed by atoms with Crippen LogP contribution in [0.1, 0.15) is 58.3 Å². The molecule has 0 radical (unpaired) electrons. The summed E-state index contributed by atoms with van der Waals surface area (Å²) in [7, 11) is -3.18. The van der Waals surface area contributed by atoms with E-state index in [1.807, 2.05) is 0 Å². The van der Waals surface area contributed by atoms with E-state index in [9.17, 15) is 13.2 Å². The first-order valence-corrected chi connectivity index (χ1v) is 8.52. The van der Waals surface area contributed by atoms with Crippen molar-refractivity contribution < 1.29 is 13.2 Å². The van der Waals surface area contributed by atoms with Gasteiger partial charge in [-0.2, -0.15) is 4.31 Å². The number of carbonyl (C=O) groups excluding carboxylic acids is 1. The third-order valence-electron chi connectivity index (χ3n) is 4.15. The normalized spacial score (nSPS) is 27.5. The maximum absolute atomic E-state index is 12.6. The number of Topliss-reactive ketones (excluding diaryl/α,β-unsaturated/α-hetero) is 1. The van der Waals surface area contributed by atoms with Crippen LogP contribution in [0.3, 0.4) is 0 Å². The molecule has 1 atom stereocenters. The zero-order chi connectivity index (χ0) is 13.2. The number of ketones is 1. The lowest BCUT2D eigenvalue weighted by atomic mass is 10.0. The molecular weight excluding hydrogens is 250 g/mol. The standard InChI is InChI=1S/C13H23NO3S/c1-11(15)10-12-6-5-9-14(12)18(16,17)13-7-3-2-4-8-13/h12-13H,2-10H2,1H3. The van der Waals surface area contributed by atoms with E-state index < -0.39 is 10.0 Å². The Kier molecular flexibility index (Phi) is 4.43. The molecule has 104 valence electrons. The van der Waals surface area contributed by atoms with E-state index in [1.165, 1.54) is 0 Å². The lowest BCUT2D eigenvalue weighted by Crippen LogP contribution is -2.43. The second-order valence-electron chi connectivity index (χ2n) is 5.62. The highest BCUT2D eigenvalue weighted by atomic mass is 32.2. The summed E-state index contributed by atoms with van der Waals surface area (Å²) in [5.74, 6) is 0.0887. The van der Waals surface area contributed by atoms with Crippen molar-refractivity contribution in [1.29, 1.82) is 0 Å². The Morgan fingerprint density at radius 2 is 1.78 bits per heavy atom. The van der Waals surface area contributed by atoms with E-state index in [1.54, 1.807) is 11.2 Å². The maximum atomic E-state index is 12.6. The highest BCUT2D eigenvalue weighted by molar-refractivity contribution is 7.89. The van der Waals surface area contributed by atoms with Crippen LogP contribution in [-0.4, -0.2) is 36.3 Å². The summed E-state index contributed by atoms with van der Waals surface area (Å²) in [5.41, 5.74) is 0. The van der Waals surface area contributed by atoms with Crippen LogP contribution in [0, 0.1) is 0 Å². The molecule has 5 heteroatoms. The summed E-state index contributed by atoms with van der Waals surface area (Å²) in [5, 5.41) is -0.196. The number of carbonyl (C=O) groups is 1. The third kappa shape index (κ3) is 2.94. The molecule has 0 aromatic rings. The average molecular weight is 273 g/mol. The summed E-state index contributed by atoms with van der Waals surface area (Å²) >= 11 is 0. The Morgan fingerprint density at radius 1 is 1.11 bits per heavy atom. The first kappa shape index (κ1) is 14.0. The first-order chi connectivity index (χ1) is 8.51. The molecule has 4 nitrogen and oxygen atoms in total. The van der Waals surface area contributed by atoms with Gasteiger partial charge in [0.05, 0.1) is 5.25 Å². The lowest BCUT2D eigenvalue weighted by Gasteiger charge is -2.30. The van der Waals surface area contributed by atoms with Crippen molar-refractivity contribution in [1.82, 2.24) is 4.31 Å². The van der Waals surface area contributed by atoms with E-state index in [0.29, 0.717) is 13.0 Å². The van der Waals surface area contributed by atoms with Gasteiger partial charge in [0.1, 0.15) is 5.78 Å². The molecule has 0 aromatic heterocycles. The second-order valence-corrected chi connectivity index (χ2v) is 7.78. The van der Waals surface area contributed by atoms with E-state index in [2.05, 4.69) is 0 Å². The van der Waals surface area contributed by atoms with E-state index in [0.717, 1.165) is 44.9 Å². The smallest absolute Gasteiger partial charge is 0.217 e. The molecule has 1 aliphatic carbocycles. The molecule has 1 heterocycles. The van der Waals surface area contributed by atoms with Crippen LogP contribution in [-0.2, 0) is 14.8 Å². The molecule has 1 saturated carbocycles. The Morgan fingerprint density at radius 3 is 2.39 bits per heavy atom. The predicted molar refractivity (Wildman–Crippen MR) is 70.8 cm³/mol. The molecule has 18 heavy (non-hydrogen) atoms. The van der Waals surface area contributed by atoms with Gasteiger partial charge < -0.3 is 0 Å². The Bertz CT molecular complexity index is 398. The van der Waals surface area contributed by atoms with Crippen LogP contribution in [0.4, 0.5) is 0 Å². The van der Waals surface area contributed by atoms with Gasteiger partial charge in [0, 0.05) is 19.0 Å². The van der Waals surface area contributed by atoms with Gasteiger partial charge in [0.2, 0.25) is 10.0 Å². The van der Waals surface area contributed by atoms with Gasteiger partial charge in [-0.1, -0.05) is 19.3 Å². The van der Waals surface area contributed by atoms with Gasteiger partial charge in [0.15, 0.2) is 0 Å². The number of hydrogen-bond donors (Lipinski definition) is 0. The zero-order valence-corrected chi connectivity index (χ0v) is 11.9. The Balaban J connectivity index is 2.10. The quantitative estimate of drug-likeness (QED) is 0.788. The highest BCUT2D eigenvalue weighted by Gasteiger charge is 2.39. The molecule has 0 aromatic carbocycles. The largest absolute Gasteiger partial charge is 0.300 e. The topological polar surface area (TPSA) is 54.5 Å². The number of nitrogens with zero attached hydrogens (tertiary/aromatic N) is 1. The monoisotopic (exact) mass is 273 g/mol. The molecule has 1 unspecified atom stereocenters. The van der Waals surface area contributed by atoms with Gasteiger partial charge in [-0.15, -0.1) is 0 Å². The number of rotatable bonds is 4. The van der Waals surface area contributed by atoms with E-state index in [4.69, 9.17) is 0 Å². The molecule has 2 rings (SSSR count). The molecule has 0 N–H and O–H groups in total. The predicted octanol–water partition coefficient (Wildman–Crippen LogP) is 2.09. The van der Waals surface area contributed by atoms with Gasteiger partial charge >= 0.3 is 0 Å². The minimum Gasteiger partial charge on any atom is -0.300 e. The average Bonchev–Trinajstić information content (AvgIpc) is 2.78. The third-order valence-corrected chi connectivity index (χ3v) is 6.59. The van der Waals surface area contributed by atoms with Crippen molar-refractivity contribution in [2.45, 2.75) is 69.6 Å². The van der Waals surface area contributed by atoms with Crippen molar-refractivity contribution in [2.75, 3.05) is 6.54 Å². The molecule has 2 aliphatic rings. The minimum absolute atomic E-state index is 0.0746. The summed E-state index contributed by atoms with van der Waals surface area (Å²) in [6.07, 6.45) is 6.91. The van der Waals surface area contributed by atoms with Crippen molar-refractivity contribution in [2.24, 2.45) is 0 Å². The number of sulfonamides is 1. The molecule has 0 amide bonds. The van der Waals surface area contributed by atoms with Crippen LogP contribution >= 0.6 is 0 Å². The summed E-state index contributed by atoms with van der Waals surface area (Å²) < 4.78 is 26.8. The van der Waals surface area contributed by atoms with Gasteiger partial charge in [0.25, 0.3) is 0 Å². The van der Waals surface area contributed by atoms with Crippen molar-refractivity contribution in [3.8, 4) is 0 Å². The van der Waals surface area contributed by atoms with Crippen LogP contribution < -0.4 is 0 Å². The second kappa shape index (κ2) is 5.70. The Hall–Kier alpha value is -0.420. The summed E-state index contributed by atoms with van der Waals surface area (Å²) in [6, 6.07) is -0.0746. The maximum Gasteiger partial charge on any atom is 0.217 e. The minimum atomic E-state index is -3.18.